The van der Waals surface area contributed by atoms with E-state index in [9.17, 15) is 9.59 Å². The molecule has 6 nitrogen and oxygen atoms in total. The van der Waals surface area contributed by atoms with E-state index in [2.05, 4.69) is 5.32 Å². The largest absolute Gasteiger partial charge is 0.468 e. The van der Waals surface area contributed by atoms with Gasteiger partial charge in [-0.15, -0.1) is 5.06 Å². The van der Waals surface area contributed by atoms with Gasteiger partial charge in [-0.25, -0.2) is 0 Å². The molecule has 2 saturated heterocycles. The topological polar surface area (TPSA) is 70.9 Å². The summed E-state index contributed by atoms with van der Waals surface area (Å²) in [5.41, 5.74) is 1.04. The van der Waals surface area contributed by atoms with Gasteiger partial charge in [-0.1, -0.05) is 30.3 Å². The SMILES string of the molecule is COC(=O)[C@@H](Cc1ccccc1)N1O[C@@H]1[C@H]1CC(=O)N1. The maximum absolute atomic E-state index is 11.9. The maximum atomic E-state index is 11.9. The van der Waals surface area contributed by atoms with E-state index in [0.29, 0.717) is 12.8 Å². The number of benzene rings is 1. The highest BCUT2D eigenvalue weighted by atomic mass is 16.8. The molecular weight excluding hydrogens is 260 g/mol. The van der Waals surface area contributed by atoms with Gasteiger partial charge in [-0.2, -0.15) is 0 Å². The standard InChI is InChI=1S/C14H16N2O4/c1-19-14(18)11(7-9-5-3-2-4-6-9)16-13(20-16)10-8-12(17)15-10/h2-6,10-11,13H,7-8H2,1H3,(H,15,17)/t10-,11-,13-,16?/m1/s1. The Morgan fingerprint density at radius 2 is 2.20 bits per heavy atom. The van der Waals surface area contributed by atoms with Crippen molar-refractivity contribution in [3.05, 3.63) is 35.9 Å². The van der Waals surface area contributed by atoms with E-state index < -0.39 is 6.04 Å². The van der Waals surface area contributed by atoms with Gasteiger partial charge in [0.25, 0.3) is 0 Å². The molecule has 0 bridgehead atoms. The number of hydrogen-bond acceptors (Lipinski definition) is 5. The van der Waals surface area contributed by atoms with Crippen molar-refractivity contribution in [3.8, 4) is 0 Å². The second kappa shape index (κ2) is 5.22. The van der Waals surface area contributed by atoms with Gasteiger partial charge in [-0.05, 0) is 5.56 Å². The van der Waals surface area contributed by atoms with Gasteiger partial charge in [0.15, 0.2) is 6.23 Å². The summed E-state index contributed by atoms with van der Waals surface area (Å²) < 4.78 is 4.84. The lowest BCUT2D eigenvalue weighted by Gasteiger charge is -2.25. The number of hydrogen-bond donors (Lipinski definition) is 1. The number of carbonyl (C=O) groups is 2. The molecule has 1 aromatic carbocycles. The van der Waals surface area contributed by atoms with Gasteiger partial charge in [0.2, 0.25) is 5.91 Å². The van der Waals surface area contributed by atoms with Crippen LogP contribution in [0.4, 0.5) is 0 Å². The molecule has 20 heavy (non-hydrogen) atoms. The van der Waals surface area contributed by atoms with Crippen LogP contribution in [0.5, 0.6) is 0 Å². The Balaban J connectivity index is 1.65. The summed E-state index contributed by atoms with van der Waals surface area (Å²) in [6.45, 7) is 0. The molecule has 2 heterocycles. The number of ether oxygens (including phenoxy) is 1. The minimum Gasteiger partial charge on any atom is -0.468 e. The van der Waals surface area contributed by atoms with Crippen LogP contribution in [0.2, 0.25) is 0 Å². The van der Waals surface area contributed by atoms with Crippen molar-refractivity contribution in [2.24, 2.45) is 0 Å². The van der Waals surface area contributed by atoms with Crippen LogP contribution in [0.3, 0.4) is 0 Å². The summed E-state index contributed by atoms with van der Waals surface area (Å²) >= 11 is 0. The molecule has 1 N–H and O–H groups in total. The van der Waals surface area contributed by atoms with E-state index in [1.165, 1.54) is 7.11 Å². The van der Waals surface area contributed by atoms with E-state index in [1.54, 1.807) is 5.06 Å². The monoisotopic (exact) mass is 276 g/mol. The molecule has 2 aliphatic rings. The van der Waals surface area contributed by atoms with Crippen LogP contribution >= 0.6 is 0 Å². The third kappa shape index (κ3) is 2.52. The molecule has 4 atom stereocenters. The number of nitrogens with zero attached hydrogens (tertiary/aromatic N) is 1. The maximum Gasteiger partial charge on any atom is 0.325 e. The molecule has 0 aromatic heterocycles. The molecule has 0 radical (unpaired) electrons. The van der Waals surface area contributed by atoms with Gasteiger partial charge in [0.1, 0.15) is 6.04 Å². The Morgan fingerprint density at radius 3 is 2.80 bits per heavy atom. The fourth-order valence-electron chi connectivity index (χ4n) is 2.41. The zero-order valence-corrected chi connectivity index (χ0v) is 11.1. The lowest BCUT2D eigenvalue weighted by atomic mass is 10.0. The lowest BCUT2D eigenvalue weighted by molar-refractivity contribution is -0.147. The van der Waals surface area contributed by atoms with Crippen LogP contribution in [-0.4, -0.2) is 42.4 Å². The molecule has 0 aliphatic carbocycles. The van der Waals surface area contributed by atoms with Crippen LogP contribution in [0, 0.1) is 0 Å². The van der Waals surface area contributed by atoms with Gasteiger partial charge < -0.3 is 10.1 Å². The normalized spacial score (nSPS) is 29.1. The molecule has 1 unspecified atom stereocenters. The molecule has 6 heteroatoms. The van der Waals surface area contributed by atoms with Crippen molar-refractivity contribution < 1.29 is 19.2 Å². The highest BCUT2D eigenvalue weighted by Crippen LogP contribution is 2.32. The molecule has 1 amide bonds. The Bertz CT molecular complexity index is 511. The Labute approximate surface area is 116 Å². The average molecular weight is 276 g/mol. The molecule has 2 fully saturated rings. The first-order valence-corrected chi connectivity index (χ1v) is 6.55. The minimum absolute atomic E-state index is 0.0168. The van der Waals surface area contributed by atoms with E-state index in [0.717, 1.165) is 5.56 Å². The van der Waals surface area contributed by atoms with Crippen LogP contribution in [0.25, 0.3) is 0 Å². The van der Waals surface area contributed by atoms with Gasteiger partial charge in [0, 0.05) is 6.42 Å². The number of carbonyl (C=O) groups excluding carboxylic acids is 2. The summed E-state index contributed by atoms with van der Waals surface area (Å²) in [7, 11) is 1.37. The van der Waals surface area contributed by atoms with Gasteiger partial charge in [0.05, 0.1) is 19.6 Å². The van der Waals surface area contributed by atoms with E-state index >= 15 is 0 Å². The third-order valence-electron chi connectivity index (χ3n) is 3.58. The van der Waals surface area contributed by atoms with Crippen molar-refractivity contribution in [2.45, 2.75) is 31.2 Å². The van der Waals surface area contributed by atoms with E-state index in [1.807, 2.05) is 30.3 Å². The molecule has 2 aliphatic heterocycles. The second-order valence-corrected chi connectivity index (χ2v) is 4.96. The molecule has 0 saturated carbocycles. The van der Waals surface area contributed by atoms with Crippen molar-refractivity contribution in [1.29, 1.82) is 0 Å². The fourth-order valence-corrected chi connectivity index (χ4v) is 2.41. The lowest BCUT2D eigenvalue weighted by Crippen LogP contribution is -2.53. The van der Waals surface area contributed by atoms with Crippen LogP contribution < -0.4 is 5.32 Å². The summed E-state index contributed by atoms with van der Waals surface area (Å²) in [4.78, 5) is 28.3. The summed E-state index contributed by atoms with van der Waals surface area (Å²) in [6.07, 6.45) is 0.742. The number of hydroxylamine groups is 2. The molecule has 0 spiro atoms. The summed E-state index contributed by atoms with van der Waals surface area (Å²) in [5.74, 6) is -0.315. The second-order valence-electron chi connectivity index (χ2n) is 4.96. The number of nitrogens with one attached hydrogen (secondary N) is 1. The van der Waals surface area contributed by atoms with Crippen LogP contribution in [-0.2, 0) is 25.6 Å². The van der Waals surface area contributed by atoms with Crippen molar-refractivity contribution in [1.82, 2.24) is 10.4 Å². The number of rotatable bonds is 5. The first kappa shape index (κ1) is 13.1. The average Bonchev–Trinajstić information content (AvgIpc) is 3.21. The Morgan fingerprint density at radius 1 is 1.50 bits per heavy atom. The van der Waals surface area contributed by atoms with Crippen molar-refractivity contribution >= 4 is 11.9 Å². The Hall–Kier alpha value is -1.92. The summed E-state index contributed by atoms with van der Waals surface area (Å²) in [6, 6.07) is 9.19. The zero-order chi connectivity index (χ0) is 14.1. The van der Waals surface area contributed by atoms with Crippen LogP contribution in [0.15, 0.2) is 30.3 Å². The predicted molar refractivity (Wildman–Crippen MR) is 69.2 cm³/mol. The van der Waals surface area contributed by atoms with Crippen molar-refractivity contribution in [3.63, 3.8) is 0 Å². The Kier molecular flexibility index (Phi) is 3.42. The first-order chi connectivity index (χ1) is 9.69. The number of methoxy groups -OCH3 is 1. The quantitative estimate of drug-likeness (QED) is 0.473. The van der Waals surface area contributed by atoms with Crippen molar-refractivity contribution in [2.75, 3.05) is 7.11 Å². The van der Waals surface area contributed by atoms with Gasteiger partial charge in [-0.3, -0.25) is 14.4 Å². The third-order valence-corrected chi connectivity index (χ3v) is 3.58. The highest BCUT2D eigenvalue weighted by Gasteiger charge is 2.53. The van der Waals surface area contributed by atoms with E-state index in [-0.39, 0.29) is 24.1 Å². The fraction of sp³-hybridized carbons (Fsp3) is 0.429. The molecular formula is C14H16N2O4. The molecule has 1 aromatic rings. The predicted octanol–water partition coefficient (Wildman–Crippen LogP) is 0.232. The van der Waals surface area contributed by atoms with Gasteiger partial charge >= 0.3 is 5.97 Å². The number of amides is 1. The first-order valence-electron chi connectivity index (χ1n) is 6.55. The zero-order valence-electron chi connectivity index (χ0n) is 11.1. The van der Waals surface area contributed by atoms with Crippen LogP contribution in [0.1, 0.15) is 12.0 Å². The smallest absolute Gasteiger partial charge is 0.325 e. The number of β-lactam (4-membered cyclic amide) rings is 1. The summed E-state index contributed by atoms with van der Waals surface area (Å²) in [5, 5.41) is 4.37. The highest BCUT2D eigenvalue weighted by molar-refractivity contribution is 5.83. The van der Waals surface area contributed by atoms with E-state index in [4.69, 9.17) is 9.57 Å². The number of esters is 1. The minimum atomic E-state index is -0.482. The molecule has 106 valence electrons. The molecule has 3 rings (SSSR count).